The molecule has 1 aliphatic rings. The number of fused-ring (bicyclic) bond motifs is 1. The molecule has 7 nitrogen and oxygen atoms in total. The van der Waals surface area contributed by atoms with E-state index in [0.717, 1.165) is 22.9 Å². The molecule has 31 heavy (non-hydrogen) atoms. The molecule has 0 amide bonds. The Hall–Kier alpha value is -4.20. The maximum Gasteiger partial charge on any atom is 0.317 e. The van der Waals surface area contributed by atoms with E-state index in [0.29, 0.717) is 11.4 Å². The van der Waals surface area contributed by atoms with Gasteiger partial charge in [0.15, 0.2) is 11.9 Å². The highest BCUT2D eigenvalue weighted by molar-refractivity contribution is 6.16. The highest BCUT2D eigenvalue weighted by atomic mass is 19.1. The van der Waals surface area contributed by atoms with E-state index >= 15 is 0 Å². The number of pyridine rings is 1. The van der Waals surface area contributed by atoms with Crippen molar-refractivity contribution in [1.82, 2.24) is 15.2 Å². The summed E-state index contributed by atoms with van der Waals surface area (Å²) in [4.78, 5) is 21.6. The Labute approximate surface area is 176 Å². The lowest BCUT2D eigenvalue weighted by Crippen LogP contribution is -2.29. The molecular formula is C23H16FN5O2. The summed E-state index contributed by atoms with van der Waals surface area (Å²) in [7, 11) is 0. The Kier molecular flexibility index (Phi) is 4.80. The number of rotatable bonds is 4. The van der Waals surface area contributed by atoms with Crippen molar-refractivity contribution in [3.8, 4) is 11.6 Å². The van der Waals surface area contributed by atoms with Gasteiger partial charge < -0.3 is 9.73 Å². The van der Waals surface area contributed by atoms with Crippen molar-refractivity contribution < 1.29 is 13.6 Å². The third-order valence-electron chi connectivity index (χ3n) is 4.88. The number of halogens is 1. The maximum atomic E-state index is 13.1. The first-order valence-corrected chi connectivity index (χ1v) is 9.63. The van der Waals surface area contributed by atoms with Gasteiger partial charge in [0.2, 0.25) is 0 Å². The fraction of sp³-hybridized carbons (Fsp3) is 0.0870. The van der Waals surface area contributed by atoms with E-state index in [9.17, 15) is 9.18 Å². The lowest BCUT2D eigenvalue weighted by atomic mass is 9.96. The minimum absolute atomic E-state index is 0.0293. The molecule has 0 fully saturated rings. The molecule has 4 aromatic rings. The predicted octanol–water partition coefficient (Wildman–Crippen LogP) is 3.67. The van der Waals surface area contributed by atoms with Crippen molar-refractivity contribution in [2.45, 2.75) is 12.6 Å². The van der Waals surface area contributed by atoms with Crippen molar-refractivity contribution >= 4 is 17.5 Å². The molecule has 1 unspecified atom stereocenters. The van der Waals surface area contributed by atoms with Crippen LogP contribution in [-0.4, -0.2) is 32.8 Å². The average molecular weight is 413 g/mol. The Morgan fingerprint density at radius 1 is 0.968 bits per heavy atom. The number of nitrogens with zero attached hydrogens (tertiary/aromatic N) is 4. The van der Waals surface area contributed by atoms with Gasteiger partial charge in [-0.15, -0.1) is 5.10 Å². The van der Waals surface area contributed by atoms with E-state index < -0.39 is 12.0 Å². The van der Waals surface area contributed by atoms with Crippen molar-refractivity contribution in [1.29, 1.82) is 0 Å². The molecule has 5 rings (SSSR count). The van der Waals surface area contributed by atoms with Crippen molar-refractivity contribution in [2.75, 3.05) is 5.32 Å². The maximum absolute atomic E-state index is 13.1. The van der Waals surface area contributed by atoms with Crippen molar-refractivity contribution in [2.24, 2.45) is 4.99 Å². The molecule has 152 valence electrons. The number of benzene rings is 2. The van der Waals surface area contributed by atoms with Gasteiger partial charge in [0, 0.05) is 17.5 Å². The largest absolute Gasteiger partial charge is 0.402 e. The van der Waals surface area contributed by atoms with E-state index in [1.165, 1.54) is 12.1 Å². The van der Waals surface area contributed by atoms with Gasteiger partial charge >= 0.3 is 6.01 Å². The summed E-state index contributed by atoms with van der Waals surface area (Å²) in [5.74, 6) is -0.481. The topological polar surface area (TPSA) is 93.3 Å². The Bertz CT molecular complexity index is 1270. The van der Waals surface area contributed by atoms with E-state index in [2.05, 4.69) is 20.5 Å². The molecule has 0 saturated carbocycles. The summed E-state index contributed by atoms with van der Waals surface area (Å²) in [5, 5.41) is 10.8. The first kappa shape index (κ1) is 18.8. The number of ketones is 1. The zero-order chi connectivity index (χ0) is 21.2. The average Bonchev–Trinajstić information content (AvgIpc) is 3.21. The molecule has 0 radical (unpaired) electrons. The standard InChI is InChI=1S/C23H16FN5O2/c24-16-10-11-18(25-13-16)22-28-29-23(31-22)27-21-19(30)12-15-8-4-5-9-17(15)20(26-21)14-6-2-1-3-7-14/h1-11,13,21H,12H2,(H,27,29). The molecule has 2 aromatic heterocycles. The van der Waals surface area contributed by atoms with Gasteiger partial charge in [-0.05, 0) is 17.7 Å². The second-order valence-electron chi connectivity index (χ2n) is 6.96. The van der Waals surface area contributed by atoms with Crippen LogP contribution in [-0.2, 0) is 11.2 Å². The van der Waals surface area contributed by atoms with Crippen LogP contribution >= 0.6 is 0 Å². The molecule has 0 bridgehead atoms. The Morgan fingerprint density at radius 3 is 2.58 bits per heavy atom. The number of aromatic nitrogens is 3. The van der Waals surface area contributed by atoms with Crippen LogP contribution in [0.25, 0.3) is 11.6 Å². The van der Waals surface area contributed by atoms with E-state index in [1.807, 2.05) is 54.6 Å². The van der Waals surface area contributed by atoms with Gasteiger partial charge in [-0.1, -0.05) is 59.7 Å². The molecule has 1 aliphatic heterocycles. The zero-order valence-electron chi connectivity index (χ0n) is 16.2. The summed E-state index contributed by atoms with van der Waals surface area (Å²) in [5.41, 5.74) is 3.75. The van der Waals surface area contributed by atoms with Crippen LogP contribution in [0.1, 0.15) is 16.7 Å². The number of nitrogens with one attached hydrogen (secondary N) is 1. The molecule has 8 heteroatoms. The molecule has 1 atom stereocenters. The lowest BCUT2D eigenvalue weighted by Gasteiger charge is -2.11. The molecule has 3 heterocycles. The molecule has 2 aromatic carbocycles. The van der Waals surface area contributed by atoms with E-state index in [-0.39, 0.29) is 24.1 Å². The van der Waals surface area contributed by atoms with Gasteiger partial charge in [-0.3, -0.25) is 9.79 Å². The monoisotopic (exact) mass is 413 g/mol. The zero-order valence-corrected chi connectivity index (χ0v) is 16.2. The summed E-state index contributed by atoms with van der Waals surface area (Å²) in [6, 6.07) is 20.1. The summed E-state index contributed by atoms with van der Waals surface area (Å²) in [6.45, 7) is 0. The minimum Gasteiger partial charge on any atom is -0.402 e. The predicted molar refractivity (Wildman–Crippen MR) is 112 cm³/mol. The summed E-state index contributed by atoms with van der Waals surface area (Å²) >= 11 is 0. The second kappa shape index (κ2) is 7.91. The summed E-state index contributed by atoms with van der Waals surface area (Å²) < 4.78 is 18.7. The van der Waals surface area contributed by atoms with E-state index in [4.69, 9.17) is 9.41 Å². The smallest absolute Gasteiger partial charge is 0.317 e. The van der Waals surface area contributed by atoms with Gasteiger partial charge in [-0.2, -0.15) is 0 Å². The van der Waals surface area contributed by atoms with Gasteiger partial charge in [0.1, 0.15) is 11.5 Å². The van der Waals surface area contributed by atoms with Crippen LogP contribution in [0.2, 0.25) is 0 Å². The Balaban J connectivity index is 1.49. The minimum atomic E-state index is -0.905. The molecule has 1 N–H and O–H groups in total. The van der Waals surface area contributed by atoms with Crippen LogP contribution in [0.5, 0.6) is 0 Å². The second-order valence-corrected chi connectivity index (χ2v) is 6.96. The lowest BCUT2D eigenvalue weighted by molar-refractivity contribution is -0.119. The number of anilines is 1. The third kappa shape index (κ3) is 3.83. The van der Waals surface area contributed by atoms with Gasteiger partial charge in [0.05, 0.1) is 11.9 Å². The fourth-order valence-electron chi connectivity index (χ4n) is 3.40. The van der Waals surface area contributed by atoms with Crippen LogP contribution in [0.15, 0.2) is 82.3 Å². The van der Waals surface area contributed by atoms with Crippen LogP contribution in [0.3, 0.4) is 0 Å². The van der Waals surface area contributed by atoms with Crippen LogP contribution in [0, 0.1) is 5.82 Å². The first-order valence-electron chi connectivity index (χ1n) is 9.63. The summed E-state index contributed by atoms with van der Waals surface area (Å²) in [6.07, 6.45) is 0.376. The van der Waals surface area contributed by atoms with Crippen LogP contribution in [0.4, 0.5) is 10.4 Å². The number of hydrogen-bond donors (Lipinski definition) is 1. The van der Waals surface area contributed by atoms with E-state index in [1.54, 1.807) is 0 Å². The first-order chi connectivity index (χ1) is 15.2. The van der Waals surface area contributed by atoms with Crippen molar-refractivity contribution in [3.63, 3.8) is 0 Å². The number of carbonyl (C=O) groups is 1. The fourth-order valence-corrected chi connectivity index (χ4v) is 3.40. The van der Waals surface area contributed by atoms with Gasteiger partial charge in [-0.25, -0.2) is 9.37 Å². The van der Waals surface area contributed by atoms with Crippen LogP contribution < -0.4 is 5.32 Å². The number of carbonyl (C=O) groups excluding carboxylic acids is 1. The third-order valence-corrected chi connectivity index (χ3v) is 4.88. The SMILES string of the molecule is O=C1Cc2ccccc2C(c2ccccc2)=NC1Nc1nnc(-c2ccc(F)cn2)o1. The number of hydrogen-bond acceptors (Lipinski definition) is 7. The molecule has 0 aliphatic carbocycles. The highest BCUT2D eigenvalue weighted by Gasteiger charge is 2.27. The normalized spacial score (nSPS) is 15.7. The quantitative estimate of drug-likeness (QED) is 0.549. The molecular weight excluding hydrogens is 397 g/mol. The van der Waals surface area contributed by atoms with Crippen molar-refractivity contribution in [3.05, 3.63) is 95.4 Å². The molecule has 0 spiro atoms. The number of aliphatic imine (C=N–C) groups is 1. The number of Topliss-reactive ketones (excluding diaryl/α,β-unsaturated/α-hetero) is 1. The molecule has 0 saturated heterocycles. The highest BCUT2D eigenvalue weighted by Crippen LogP contribution is 2.23. The Morgan fingerprint density at radius 2 is 1.77 bits per heavy atom. The van der Waals surface area contributed by atoms with Gasteiger partial charge in [0.25, 0.3) is 5.89 Å².